The SMILES string of the molecule is O=C(O)CC(NC(=O)c1cc(Br)ccc1Cl)c1ccc(-c2ccccc2)cc1. The first kappa shape index (κ1) is 20.1. The Balaban J connectivity index is 1.85. The molecule has 6 heteroatoms. The quantitative estimate of drug-likeness (QED) is 0.497. The maximum absolute atomic E-state index is 12.7. The Morgan fingerprint density at radius 3 is 2.25 bits per heavy atom. The van der Waals surface area contributed by atoms with Crippen molar-refractivity contribution < 1.29 is 14.7 Å². The molecule has 0 bridgehead atoms. The van der Waals surface area contributed by atoms with Crippen LogP contribution in [0.5, 0.6) is 0 Å². The molecule has 0 heterocycles. The highest BCUT2D eigenvalue weighted by Crippen LogP contribution is 2.25. The molecule has 0 saturated heterocycles. The van der Waals surface area contributed by atoms with Gasteiger partial charge in [0.15, 0.2) is 0 Å². The molecule has 2 N–H and O–H groups in total. The molecule has 0 saturated carbocycles. The third-order valence-corrected chi connectivity index (χ3v) is 5.10. The van der Waals surface area contributed by atoms with Gasteiger partial charge in [0.25, 0.3) is 5.91 Å². The number of carbonyl (C=O) groups excluding carboxylic acids is 1. The number of nitrogens with one attached hydrogen (secondary N) is 1. The topological polar surface area (TPSA) is 66.4 Å². The number of halogens is 2. The average Bonchev–Trinajstić information content (AvgIpc) is 2.69. The average molecular weight is 459 g/mol. The van der Waals surface area contributed by atoms with E-state index in [2.05, 4.69) is 21.2 Å². The number of carboxylic acid groups (broad SMARTS) is 1. The number of carbonyl (C=O) groups is 2. The number of hydrogen-bond donors (Lipinski definition) is 2. The minimum absolute atomic E-state index is 0.234. The van der Waals surface area contributed by atoms with Crippen LogP contribution in [0.3, 0.4) is 0 Å². The van der Waals surface area contributed by atoms with Gasteiger partial charge in [0, 0.05) is 4.47 Å². The van der Waals surface area contributed by atoms with Gasteiger partial charge in [-0.25, -0.2) is 0 Å². The van der Waals surface area contributed by atoms with Gasteiger partial charge >= 0.3 is 5.97 Å². The molecule has 142 valence electrons. The van der Waals surface area contributed by atoms with Gasteiger partial charge in [-0.2, -0.15) is 0 Å². The van der Waals surface area contributed by atoms with Gasteiger partial charge in [-0.3, -0.25) is 9.59 Å². The highest BCUT2D eigenvalue weighted by molar-refractivity contribution is 9.10. The molecule has 1 amide bonds. The molecule has 0 aromatic heterocycles. The fourth-order valence-corrected chi connectivity index (χ4v) is 3.44. The van der Waals surface area contributed by atoms with Gasteiger partial charge in [0.05, 0.1) is 23.0 Å². The Bertz CT molecular complexity index is 990. The molecule has 0 spiro atoms. The summed E-state index contributed by atoms with van der Waals surface area (Å²) in [4.78, 5) is 24.0. The highest BCUT2D eigenvalue weighted by Gasteiger charge is 2.20. The number of aliphatic carboxylic acids is 1. The van der Waals surface area contributed by atoms with E-state index < -0.39 is 17.9 Å². The molecule has 3 aromatic carbocycles. The fourth-order valence-electron chi connectivity index (χ4n) is 2.87. The lowest BCUT2D eigenvalue weighted by atomic mass is 9.99. The lowest BCUT2D eigenvalue weighted by molar-refractivity contribution is -0.137. The van der Waals surface area contributed by atoms with E-state index in [1.807, 2.05) is 54.6 Å². The summed E-state index contributed by atoms with van der Waals surface area (Å²) >= 11 is 9.43. The van der Waals surface area contributed by atoms with Crippen molar-refractivity contribution >= 4 is 39.4 Å². The van der Waals surface area contributed by atoms with Gasteiger partial charge in [0.1, 0.15) is 0 Å². The van der Waals surface area contributed by atoms with Crippen LogP contribution in [0.15, 0.2) is 77.3 Å². The second-order valence-electron chi connectivity index (χ2n) is 6.24. The summed E-state index contributed by atoms with van der Waals surface area (Å²) < 4.78 is 0.712. The van der Waals surface area contributed by atoms with Crippen molar-refractivity contribution in [3.05, 3.63) is 93.4 Å². The van der Waals surface area contributed by atoms with Gasteiger partial charge in [-0.15, -0.1) is 0 Å². The zero-order valence-corrected chi connectivity index (χ0v) is 17.1. The number of benzene rings is 3. The zero-order valence-electron chi connectivity index (χ0n) is 14.7. The summed E-state index contributed by atoms with van der Waals surface area (Å²) in [6.07, 6.45) is -0.234. The third kappa shape index (κ3) is 5.00. The molecule has 28 heavy (non-hydrogen) atoms. The Morgan fingerprint density at radius 1 is 0.964 bits per heavy atom. The first-order chi connectivity index (χ1) is 13.4. The second kappa shape index (κ2) is 9.04. The van der Waals surface area contributed by atoms with Crippen LogP contribution in [0, 0.1) is 0 Å². The maximum atomic E-state index is 12.7. The van der Waals surface area contributed by atoms with Gasteiger partial charge in [-0.05, 0) is 34.9 Å². The minimum atomic E-state index is -1.00. The molecule has 1 atom stereocenters. The predicted molar refractivity (Wildman–Crippen MR) is 113 cm³/mol. The van der Waals surface area contributed by atoms with Crippen molar-refractivity contribution in [2.24, 2.45) is 0 Å². The molecule has 3 rings (SSSR count). The van der Waals surface area contributed by atoms with E-state index >= 15 is 0 Å². The first-order valence-corrected chi connectivity index (χ1v) is 9.74. The Morgan fingerprint density at radius 2 is 1.61 bits per heavy atom. The van der Waals surface area contributed by atoms with E-state index in [0.29, 0.717) is 15.1 Å². The number of rotatable bonds is 6. The van der Waals surface area contributed by atoms with Crippen molar-refractivity contribution in [2.75, 3.05) is 0 Å². The second-order valence-corrected chi connectivity index (χ2v) is 7.56. The molecule has 1 unspecified atom stereocenters. The largest absolute Gasteiger partial charge is 0.481 e. The summed E-state index contributed by atoms with van der Waals surface area (Å²) in [5, 5.41) is 12.4. The number of amides is 1. The van der Waals surface area contributed by atoms with Crippen LogP contribution >= 0.6 is 27.5 Å². The lowest BCUT2D eigenvalue weighted by Crippen LogP contribution is -2.30. The fraction of sp³-hybridized carbons (Fsp3) is 0.0909. The van der Waals surface area contributed by atoms with Gasteiger partial charge in [-0.1, -0.05) is 82.1 Å². The van der Waals surface area contributed by atoms with Crippen molar-refractivity contribution in [3.63, 3.8) is 0 Å². The van der Waals surface area contributed by atoms with Crippen molar-refractivity contribution in [2.45, 2.75) is 12.5 Å². The van der Waals surface area contributed by atoms with Crippen LogP contribution in [0.1, 0.15) is 28.4 Å². The van der Waals surface area contributed by atoms with E-state index in [1.54, 1.807) is 18.2 Å². The standard InChI is InChI=1S/C22H17BrClNO3/c23-17-10-11-19(24)18(12-17)22(28)25-20(13-21(26)27)16-8-6-15(7-9-16)14-4-2-1-3-5-14/h1-12,20H,13H2,(H,25,28)(H,26,27). The molecule has 4 nitrogen and oxygen atoms in total. The van der Waals surface area contributed by atoms with Crippen LogP contribution in [-0.4, -0.2) is 17.0 Å². The van der Waals surface area contributed by atoms with E-state index in [9.17, 15) is 14.7 Å². The smallest absolute Gasteiger partial charge is 0.305 e. The van der Waals surface area contributed by atoms with E-state index in [4.69, 9.17) is 11.6 Å². The summed E-state index contributed by atoms with van der Waals surface area (Å²) in [5.74, 6) is -1.43. The van der Waals surface area contributed by atoms with Crippen LogP contribution in [-0.2, 0) is 4.79 Å². The third-order valence-electron chi connectivity index (χ3n) is 4.28. The van der Waals surface area contributed by atoms with Crippen LogP contribution < -0.4 is 5.32 Å². The van der Waals surface area contributed by atoms with Crippen molar-refractivity contribution in [3.8, 4) is 11.1 Å². The van der Waals surface area contributed by atoms with Crippen LogP contribution in [0.2, 0.25) is 5.02 Å². The summed E-state index contributed by atoms with van der Waals surface area (Å²) in [6, 6.07) is 21.6. The Kier molecular flexibility index (Phi) is 6.49. The molecule has 0 radical (unpaired) electrons. The first-order valence-electron chi connectivity index (χ1n) is 8.57. The van der Waals surface area contributed by atoms with E-state index in [-0.39, 0.29) is 12.0 Å². The lowest BCUT2D eigenvalue weighted by Gasteiger charge is -2.18. The molecular weight excluding hydrogens is 442 g/mol. The maximum Gasteiger partial charge on any atom is 0.305 e. The molecular formula is C22H17BrClNO3. The van der Waals surface area contributed by atoms with Crippen molar-refractivity contribution in [1.29, 1.82) is 0 Å². The van der Waals surface area contributed by atoms with Gasteiger partial charge in [0.2, 0.25) is 0 Å². The van der Waals surface area contributed by atoms with Crippen molar-refractivity contribution in [1.82, 2.24) is 5.32 Å². The van der Waals surface area contributed by atoms with Crippen LogP contribution in [0.4, 0.5) is 0 Å². The Hall–Kier alpha value is -2.63. The predicted octanol–water partition coefficient (Wildman–Crippen LogP) is 5.72. The van der Waals surface area contributed by atoms with E-state index in [0.717, 1.165) is 11.1 Å². The molecule has 0 fully saturated rings. The highest BCUT2D eigenvalue weighted by atomic mass is 79.9. The summed E-state index contributed by atoms with van der Waals surface area (Å²) in [6.45, 7) is 0. The molecule has 0 aliphatic rings. The normalized spacial score (nSPS) is 11.6. The molecule has 0 aliphatic carbocycles. The zero-order chi connectivity index (χ0) is 20.1. The van der Waals surface area contributed by atoms with E-state index in [1.165, 1.54) is 0 Å². The monoisotopic (exact) mass is 457 g/mol. The Labute approximate surface area is 176 Å². The minimum Gasteiger partial charge on any atom is -0.481 e. The van der Waals surface area contributed by atoms with Gasteiger partial charge < -0.3 is 10.4 Å². The molecule has 3 aromatic rings. The number of hydrogen-bond acceptors (Lipinski definition) is 2. The summed E-state index contributed by atoms with van der Waals surface area (Å²) in [7, 11) is 0. The van der Waals surface area contributed by atoms with Crippen LogP contribution in [0.25, 0.3) is 11.1 Å². The number of carboxylic acids is 1. The molecule has 0 aliphatic heterocycles. The summed E-state index contributed by atoms with van der Waals surface area (Å²) in [5.41, 5.74) is 3.07.